The summed E-state index contributed by atoms with van der Waals surface area (Å²) >= 11 is 0. The van der Waals surface area contributed by atoms with Crippen molar-refractivity contribution in [3.63, 3.8) is 0 Å². The molecule has 0 aromatic rings. The maximum absolute atomic E-state index is 11.0. The van der Waals surface area contributed by atoms with Gasteiger partial charge in [-0.3, -0.25) is 0 Å². The summed E-state index contributed by atoms with van der Waals surface area (Å²) in [5.74, 6) is -0.238. The predicted molar refractivity (Wildman–Crippen MR) is 56.0 cm³/mol. The van der Waals surface area contributed by atoms with Crippen molar-refractivity contribution in [3.8, 4) is 0 Å². The Bertz CT molecular complexity index is 217. The van der Waals surface area contributed by atoms with Crippen LogP contribution in [0.3, 0.4) is 0 Å². The Morgan fingerprint density at radius 3 is 2.71 bits per heavy atom. The van der Waals surface area contributed by atoms with Crippen LogP contribution in [0, 0.1) is 0 Å². The maximum Gasteiger partial charge on any atom is 0.333 e. The second-order valence-electron chi connectivity index (χ2n) is 3.77. The van der Waals surface area contributed by atoms with Gasteiger partial charge in [-0.05, 0) is 19.8 Å². The van der Waals surface area contributed by atoms with Crippen molar-refractivity contribution in [1.82, 2.24) is 5.32 Å². The average Bonchev–Trinajstić information content (AvgIpc) is 2.69. The summed E-state index contributed by atoms with van der Waals surface area (Å²) in [5, 5.41) is 3.41. The molecule has 3 nitrogen and oxygen atoms in total. The first-order valence-electron chi connectivity index (χ1n) is 5.22. The van der Waals surface area contributed by atoms with Crippen LogP contribution in [0.15, 0.2) is 11.6 Å². The summed E-state index contributed by atoms with van der Waals surface area (Å²) in [4.78, 5) is 11.0. The zero-order chi connectivity index (χ0) is 10.4. The number of carbonyl (C=O) groups excluding carboxylic acids is 1. The van der Waals surface area contributed by atoms with Gasteiger partial charge in [-0.25, -0.2) is 4.79 Å². The first-order chi connectivity index (χ1) is 6.74. The molecule has 1 saturated carbocycles. The number of hydrogen-bond donors (Lipinski definition) is 1. The van der Waals surface area contributed by atoms with Crippen molar-refractivity contribution < 1.29 is 9.53 Å². The third-order valence-corrected chi connectivity index (χ3v) is 2.68. The van der Waals surface area contributed by atoms with Crippen LogP contribution in [0.1, 0.15) is 32.6 Å². The van der Waals surface area contributed by atoms with Crippen LogP contribution in [0.5, 0.6) is 0 Å². The molecule has 14 heavy (non-hydrogen) atoms. The lowest BCUT2D eigenvalue weighted by Gasteiger charge is -2.09. The molecule has 1 rings (SSSR count). The highest BCUT2D eigenvalue weighted by Crippen LogP contribution is 2.17. The SMILES string of the molecule is COC(=O)C(C)=CCNC1CCCC1. The van der Waals surface area contributed by atoms with Crippen molar-refractivity contribution in [2.24, 2.45) is 0 Å². The number of methoxy groups -OCH3 is 1. The van der Waals surface area contributed by atoms with Crippen molar-refractivity contribution in [1.29, 1.82) is 0 Å². The molecule has 0 spiro atoms. The zero-order valence-corrected chi connectivity index (χ0v) is 9.01. The van der Waals surface area contributed by atoms with Crippen LogP contribution in [0.25, 0.3) is 0 Å². The van der Waals surface area contributed by atoms with Gasteiger partial charge < -0.3 is 10.1 Å². The van der Waals surface area contributed by atoms with Crippen LogP contribution in [-0.2, 0) is 9.53 Å². The highest BCUT2D eigenvalue weighted by atomic mass is 16.5. The Hall–Kier alpha value is -0.830. The van der Waals surface area contributed by atoms with Gasteiger partial charge in [0.1, 0.15) is 0 Å². The summed E-state index contributed by atoms with van der Waals surface area (Å²) < 4.78 is 4.60. The molecular weight excluding hydrogens is 178 g/mol. The first-order valence-corrected chi connectivity index (χ1v) is 5.22. The van der Waals surface area contributed by atoms with E-state index in [2.05, 4.69) is 10.1 Å². The van der Waals surface area contributed by atoms with E-state index in [1.165, 1.54) is 32.8 Å². The molecule has 3 heteroatoms. The standard InChI is InChI=1S/C11H19NO2/c1-9(11(13)14-2)7-8-12-10-5-3-4-6-10/h7,10,12H,3-6,8H2,1-2H3. The smallest absolute Gasteiger partial charge is 0.333 e. The van der Waals surface area contributed by atoms with Crippen molar-refractivity contribution in [2.75, 3.05) is 13.7 Å². The molecular formula is C11H19NO2. The highest BCUT2D eigenvalue weighted by molar-refractivity contribution is 5.87. The number of nitrogens with one attached hydrogen (secondary N) is 1. The Kier molecular flexibility index (Phi) is 4.66. The second-order valence-corrected chi connectivity index (χ2v) is 3.77. The van der Waals surface area contributed by atoms with E-state index in [-0.39, 0.29) is 5.97 Å². The van der Waals surface area contributed by atoms with Crippen LogP contribution in [-0.4, -0.2) is 25.7 Å². The molecule has 1 fully saturated rings. The van der Waals surface area contributed by atoms with E-state index in [1.54, 1.807) is 6.92 Å². The van der Waals surface area contributed by atoms with Gasteiger partial charge in [0.05, 0.1) is 7.11 Å². The van der Waals surface area contributed by atoms with E-state index in [0.717, 1.165) is 6.54 Å². The molecule has 1 aliphatic rings. The third-order valence-electron chi connectivity index (χ3n) is 2.68. The van der Waals surface area contributed by atoms with Gasteiger partial charge >= 0.3 is 5.97 Å². The zero-order valence-electron chi connectivity index (χ0n) is 9.01. The molecule has 0 aromatic carbocycles. The van der Waals surface area contributed by atoms with E-state index in [0.29, 0.717) is 11.6 Å². The summed E-state index contributed by atoms with van der Waals surface area (Å²) in [6.07, 6.45) is 7.09. The molecule has 0 radical (unpaired) electrons. The van der Waals surface area contributed by atoms with Gasteiger partial charge in [0.15, 0.2) is 0 Å². The Morgan fingerprint density at radius 1 is 1.50 bits per heavy atom. The average molecular weight is 197 g/mol. The summed E-state index contributed by atoms with van der Waals surface area (Å²) in [6.45, 7) is 2.55. The van der Waals surface area contributed by atoms with Gasteiger partial charge in [0.25, 0.3) is 0 Å². The van der Waals surface area contributed by atoms with E-state index in [1.807, 2.05) is 6.08 Å². The van der Waals surface area contributed by atoms with Gasteiger partial charge in [-0.2, -0.15) is 0 Å². The minimum atomic E-state index is -0.238. The summed E-state index contributed by atoms with van der Waals surface area (Å²) in [5.41, 5.74) is 0.679. The highest BCUT2D eigenvalue weighted by Gasteiger charge is 2.13. The number of hydrogen-bond acceptors (Lipinski definition) is 3. The maximum atomic E-state index is 11.0. The molecule has 0 amide bonds. The van der Waals surface area contributed by atoms with E-state index in [4.69, 9.17) is 0 Å². The Morgan fingerprint density at radius 2 is 2.14 bits per heavy atom. The lowest BCUT2D eigenvalue weighted by atomic mass is 10.2. The number of rotatable bonds is 4. The molecule has 1 N–H and O–H groups in total. The monoisotopic (exact) mass is 197 g/mol. The summed E-state index contributed by atoms with van der Waals surface area (Å²) in [6, 6.07) is 0.650. The van der Waals surface area contributed by atoms with Gasteiger partial charge in [0, 0.05) is 18.2 Å². The van der Waals surface area contributed by atoms with Gasteiger partial charge in [-0.15, -0.1) is 0 Å². The molecule has 1 aliphatic carbocycles. The summed E-state index contributed by atoms with van der Waals surface area (Å²) in [7, 11) is 1.41. The first kappa shape index (κ1) is 11.2. The van der Waals surface area contributed by atoms with Crippen LogP contribution >= 0.6 is 0 Å². The molecule has 0 atom stereocenters. The minimum absolute atomic E-state index is 0.238. The third kappa shape index (κ3) is 3.50. The number of ether oxygens (including phenoxy) is 1. The van der Waals surface area contributed by atoms with Crippen LogP contribution in [0.4, 0.5) is 0 Å². The molecule has 0 unspecified atom stereocenters. The lowest BCUT2D eigenvalue weighted by molar-refractivity contribution is -0.136. The quantitative estimate of drug-likeness (QED) is 0.550. The van der Waals surface area contributed by atoms with Crippen LogP contribution in [0.2, 0.25) is 0 Å². The molecule has 0 aliphatic heterocycles. The molecule has 80 valence electrons. The topological polar surface area (TPSA) is 38.3 Å². The van der Waals surface area contributed by atoms with Crippen LogP contribution < -0.4 is 5.32 Å². The molecule has 0 heterocycles. The van der Waals surface area contributed by atoms with Gasteiger partial charge in [0.2, 0.25) is 0 Å². The van der Waals surface area contributed by atoms with Crippen molar-refractivity contribution in [3.05, 3.63) is 11.6 Å². The van der Waals surface area contributed by atoms with E-state index >= 15 is 0 Å². The lowest BCUT2D eigenvalue weighted by Crippen LogP contribution is -2.26. The fourth-order valence-electron chi connectivity index (χ4n) is 1.75. The normalized spacial score (nSPS) is 18.6. The largest absolute Gasteiger partial charge is 0.466 e. The fourth-order valence-corrected chi connectivity index (χ4v) is 1.75. The number of esters is 1. The second kappa shape index (κ2) is 5.81. The van der Waals surface area contributed by atoms with E-state index < -0.39 is 0 Å². The molecule has 0 saturated heterocycles. The fraction of sp³-hybridized carbons (Fsp3) is 0.727. The van der Waals surface area contributed by atoms with Crippen molar-refractivity contribution >= 4 is 5.97 Å². The van der Waals surface area contributed by atoms with Crippen molar-refractivity contribution in [2.45, 2.75) is 38.6 Å². The minimum Gasteiger partial charge on any atom is -0.466 e. The van der Waals surface area contributed by atoms with Gasteiger partial charge in [-0.1, -0.05) is 18.9 Å². The predicted octanol–water partition coefficient (Wildman–Crippen LogP) is 1.64. The Labute approximate surface area is 85.5 Å². The van der Waals surface area contributed by atoms with E-state index in [9.17, 15) is 4.79 Å². The molecule has 0 aromatic heterocycles. The number of carbonyl (C=O) groups is 1. The molecule has 0 bridgehead atoms. The Balaban J connectivity index is 2.21.